The van der Waals surface area contributed by atoms with Gasteiger partial charge in [0.2, 0.25) is 0 Å². The SMILES string of the molecule is COC(=O)c1ccc([C@H]2[C@H](C(=O)OC(C)(C)C)C(=O)C[C@](C)(O)[C@H]2C(=O)OC(C)(C)C)cc1. The molecule has 0 bridgehead atoms. The van der Waals surface area contributed by atoms with E-state index in [1.165, 1.54) is 26.2 Å². The third kappa shape index (κ3) is 6.41. The number of ketones is 1. The molecular weight excluding hydrogens is 428 g/mol. The third-order valence-electron chi connectivity index (χ3n) is 5.31. The van der Waals surface area contributed by atoms with Gasteiger partial charge in [-0.05, 0) is 66.2 Å². The van der Waals surface area contributed by atoms with E-state index in [0.29, 0.717) is 5.56 Å². The number of hydrogen-bond acceptors (Lipinski definition) is 8. The van der Waals surface area contributed by atoms with Crippen molar-refractivity contribution in [1.29, 1.82) is 0 Å². The molecule has 0 aliphatic heterocycles. The fourth-order valence-corrected chi connectivity index (χ4v) is 4.11. The minimum Gasteiger partial charge on any atom is -0.465 e. The van der Waals surface area contributed by atoms with Crippen LogP contribution >= 0.6 is 0 Å². The number of hydrogen-bond donors (Lipinski definition) is 1. The van der Waals surface area contributed by atoms with Gasteiger partial charge in [0.15, 0.2) is 5.78 Å². The van der Waals surface area contributed by atoms with Crippen molar-refractivity contribution in [2.75, 3.05) is 7.11 Å². The molecule has 0 amide bonds. The second kappa shape index (κ2) is 9.25. The minimum absolute atomic E-state index is 0.262. The zero-order chi connectivity index (χ0) is 25.4. The first-order valence-corrected chi connectivity index (χ1v) is 10.9. The highest BCUT2D eigenvalue weighted by molar-refractivity contribution is 6.03. The lowest BCUT2D eigenvalue weighted by atomic mass is 9.61. The molecule has 0 aromatic heterocycles. The monoisotopic (exact) mass is 462 g/mol. The minimum atomic E-state index is -1.76. The molecule has 2 rings (SSSR count). The summed E-state index contributed by atoms with van der Waals surface area (Å²) in [5.41, 5.74) is -2.79. The van der Waals surface area contributed by atoms with Crippen LogP contribution in [0.2, 0.25) is 0 Å². The van der Waals surface area contributed by atoms with Crippen molar-refractivity contribution in [3.63, 3.8) is 0 Å². The van der Waals surface area contributed by atoms with Gasteiger partial charge in [0, 0.05) is 12.3 Å². The molecule has 8 heteroatoms. The highest BCUT2D eigenvalue weighted by Crippen LogP contribution is 2.47. The number of carbonyl (C=O) groups excluding carboxylic acids is 4. The molecule has 1 fully saturated rings. The maximum Gasteiger partial charge on any atom is 0.337 e. The number of rotatable bonds is 4. The van der Waals surface area contributed by atoms with E-state index in [2.05, 4.69) is 0 Å². The number of benzene rings is 1. The van der Waals surface area contributed by atoms with Crippen LogP contribution in [-0.4, -0.2) is 52.7 Å². The lowest BCUT2D eigenvalue weighted by Crippen LogP contribution is -2.56. The standard InChI is InChI=1S/C25H34O8/c1-23(2,3)32-21(28)18-16(26)13-25(7,30)19(22(29)33-24(4,5)6)17(18)14-9-11-15(12-10-14)20(27)31-8/h9-12,17-19,30H,13H2,1-8H3/t17-,18+,19+,25-/m0/s1. The largest absolute Gasteiger partial charge is 0.465 e. The molecule has 1 aliphatic carbocycles. The van der Waals surface area contributed by atoms with Crippen LogP contribution in [0.1, 0.15) is 76.7 Å². The van der Waals surface area contributed by atoms with Crippen LogP contribution in [-0.2, 0) is 28.6 Å². The number of methoxy groups -OCH3 is 1. The van der Waals surface area contributed by atoms with Gasteiger partial charge < -0.3 is 19.3 Å². The number of ether oxygens (including phenoxy) is 3. The van der Waals surface area contributed by atoms with Crippen molar-refractivity contribution < 1.29 is 38.5 Å². The molecule has 0 spiro atoms. The van der Waals surface area contributed by atoms with E-state index in [-0.39, 0.29) is 5.56 Å². The number of esters is 3. The Morgan fingerprint density at radius 3 is 1.88 bits per heavy atom. The van der Waals surface area contributed by atoms with Crippen molar-refractivity contribution in [2.24, 2.45) is 11.8 Å². The van der Waals surface area contributed by atoms with Gasteiger partial charge in [-0.2, -0.15) is 0 Å². The van der Waals surface area contributed by atoms with E-state index < -0.39 is 64.7 Å². The van der Waals surface area contributed by atoms with Gasteiger partial charge in [0.25, 0.3) is 0 Å². The van der Waals surface area contributed by atoms with E-state index in [1.54, 1.807) is 53.7 Å². The Morgan fingerprint density at radius 1 is 0.939 bits per heavy atom. The van der Waals surface area contributed by atoms with Gasteiger partial charge in [0.05, 0.1) is 24.2 Å². The van der Waals surface area contributed by atoms with Crippen LogP contribution in [0, 0.1) is 11.8 Å². The van der Waals surface area contributed by atoms with E-state index in [4.69, 9.17) is 14.2 Å². The first kappa shape index (κ1) is 26.5. The lowest BCUT2D eigenvalue weighted by molar-refractivity contribution is -0.182. The highest BCUT2D eigenvalue weighted by Gasteiger charge is 2.57. The van der Waals surface area contributed by atoms with Gasteiger partial charge in [-0.25, -0.2) is 4.79 Å². The Balaban J connectivity index is 2.65. The van der Waals surface area contributed by atoms with Crippen molar-refractivity contribution >= 4 is 23.7 Å². The van der Waals surface area contributed by atoms with Crippen LogP contribution in [0.25, 0.3) is 0 Å². The molecule has 1 saturated carbocycles. The summed E-state index contributed by atoms with van der Waals surface area (Å²) >= 11 is 0. The summed E-state index contributed by atoms with van der Waals surface area (Å²) in [5, 5.41) is 11.2. The van der Waals surface area contributed by atoms with Crippen LogP contribution in [0.3, 0.4) is 0 Å². The average Bonchev–Trinajstić information content (AvgIpc) is 2.63. The quantitative estimate of drug-likeness (QED) is 0.412. The molecule has 1 aromatic carbocycles. The average molecular weight is 463 g/mol. The Hall–Kier alpha value is -2.74. The smallest absolute Gasteiger partial charge is 0.337 e. The molecule has 33 heavy (non-hydrogen) atoms. The summed E-state index contributed by atoms with van der Waals surface area (Å²) in [7, 11) is 1.25. The van der Waals surface area contributed by atoms with Crippen molar-refractivity contribution in [1.82, 2.24) is 0 Å². The normalized spacial score (nSPS) is 25.8. The summed E-state index contributed by atoms with van der Waals surface area (Å²) in [6, 6.07) is 6.04. The van der Waals surface area contributed by atoms with Crippen LogP contribution in [0.4, 0.5) is 0 Å². The van der Waals surface area contributed by atoms with Crippen LogP contribution < -0.4 is 0 Å². The maximum absolute atomic E-state index is 13.3. The predicted octanol–water partition coefficient (Wildman–Crippen LogP) is 3.20. The van der Waals surface area contributed by atoms with Crippen LogP contribution in [0.5, 0.6) is 0 Å². The Morgan fingerprint density at radius 2 is 1.42 bits per heavy atom. The predicted molar refractivity (Wildman–Crippen MR) is 119 cm³/mol. The fraction of sp³-hybridized carbons (Fsp3) is 0.600. The molecule has 0 saturated heterocycles. The molecule has 8 nitrogen and oxygen atoms in total. The van der Waals surface area contributed by atoms with E-state index in [9.17, 15) is 24.3 Å². The summed E-state index contributed by atoms with van der Waals surface area (Å²) in [6.45, 7) is 11.5. The molecule has 0 unspecified atom stereocenters. The molecule has 4 atom stereocenters. The summed E-state index contributed by atoms with van der Waals surface area (Å²) < 4.78 is 15.8. The molecule has 1 N–H and O–H groups in total. The molecule has 0 heterocycles. The first-order chi connectivity index (χ1) is 15.0. The number of aliphatic hydroxyl groups is 1. The molecule has 1 aliphatic rings. The third-order valence-corrected chi connectivity index (χ3v) is 5.31. The molecular formula is C25H34O8. The van der Waals surface area contributed by atoms with E-state index >= 15 is 0 Å². The maximum atomic E-state index is 13.3. The van der Waals surface area contributed by atoms with Gasteiger partial charge in [-0.15, -0.1) is 0 Å². The lowest BCUT2D eigenvalue weighted by Gasteiger charge is -2.44. The van der Waals surface area contributed by atoms with Gasteiger partial charge in [-0.1, -0.05) is 12.1 Å². The Labute approximate surface area is 194 Å². The summed E-state index contributed by atoms with van der Waals surface area (Å²) in [5.74, 6) is -6.20. The van der Waals surface area contributed by atoms with E-state index in [1.807, 2.05) is 0 Å². The highest BCUT2D eigenvalue weighted by atomic mass is 16.6. The van der Waals surface area contributed by atoms with Crippen molar-refractivity contribution in [2.45, 2.75) is 77.6 Å². The van der Waals surface area contributed by atoms with E-state index in [0.717, 1.165) is 0 Å². The fourth-order valence-electron chi connectivity index (χ4n) is 4.11. The van der Waals surface area contributed by atoms with Crippen LogP contribution in [0.15, 0.2) is 24.3 Å². The van der Waals surface area contributed by atoms with Gasteiger partial charge in [0.1, 0.15) is 17.1 Å². The number of carbonyl (C=O) groups is 4. The Bertz CT molecular complexity index is 915. The summed E-state index contributed by atoms with van der Waals surface area (Å²) in [6.07, 6.45) is -0.405. The van der Waals surface area contributed by atoms with Crippen molar-refractivity contribution in [3.05, 3.63) is 35.4 Å². The number of Topliss-reactive ketones (excluding diaryl/α,β-unsaturated/α-hetero) is 1. The molecule has 182 valence electrons. The Kier molecular flexibility index (Phi) is 7.43. The topological polar surface area (TPSA) is 116 Å². The van der Waals surface area contributed by atoms with Gasteiger partial charge >= 0.3 is 17.9 Å². The van der Waals surface area contributed by atoms with Gasteiger partial charge in [-0.3, -0.25) is 14.4 Å². The zero-order valence-corrected chi connectivity index (χ0v) is 20.6. The molecule has 0 radical (unpaired) electrons. The van der Waals surface area contributed by atoms with Crippen molar-refractivity contribution in [3.8, 4) is 0 Å². The first-order valence-electron chi connectivity index (χ1n) is 10.9. The second-order valence-corrected chi connectivity index (χ2v) is 10.7. The zero-order valence-electron chi connectivity index (χ0n) is 20.6. The summed E-state index contributed by atoms with van der Waals surface area (Å²) in [4.78, 5) is 51.4. The molecule has 1 aromatic rings. The second-order valence-electron chi connectivity index (χ2n) is 10.7.